The van der Waals surface area contributed by atoms with Gasteiger partial charge in [0, 0.05) is 0 Å². The highest BCUT2D eigenvalue weighted by Gasteiger charge is 2.03. The monoisotopic (exact) mass is 312 g/mol. The standard InChI is InChI=1S/C5H4N4S6/c10-12-14-15-13-11-5-6-1-3-4(9-5)8-2-7-3/h1-2,10H,(H,6,7,8,9). The molecule has 0 unspecified atom stereocenters. The molecule has 0 bridgehead atoms. The van der Waals surface area contributed by atoms with E-state index in [9.17, 15) is 0 Å². The molecule has 0 atom stereocenters. The van der Waals surface area contributed by atoms with Crippen molar-refractivity contribution in [3.05, 3.63) is 12.5 Å². The predicted octanol–water partition coefficient (Wildman–Crippen LogP) is 3.88. The van der Waals surface area contributed by atoms with Crippen molar-refractivity contribution in [1.82, 2.24) is 19.9 Å². The van der Waals surface area contributed by atoms with Crippen LogP contribution in [0.25, 0.3) is 11.2 Å². The number of aromatic amines is 1. The van der Waals surface area contributed by atoms with Gasteiger partial charge in [0.05, 0.1) is 12.5 Å². The van der Waals surface area contributed by atoms with E-state index in [4.69, 9.17) is 0 Å². The highest BCUT2D eigenvalue weighted by molar-refractivity contribution is 9.41. The van der Waals surface area contributed by atoms with Crippen LogP contribution in [0.2, 0.25) is 0 Å². The number of fused-ring (bicyclic) bond motifs is 1. The van der Waals surface area contributed by atoms with E-state index in [-0.39, 0.29) is 0 Å². The zero-order chi connectivity index (χ0) is 10.5. The van der Waals surface area contributed by atoms with Crippen LogP contribution in [0.1, 0.15) is 0 Å². The lowest BCUT2D eigenvalue weighted by atomic mass is 10.6. The molecule has 0 aliphatic heterocycles. The van der Waals surface area contributed by atoms with Crippen LogP contribution in [-0.4, -0.2) is 19.9 Å². The molecular formula is C5H4N4S6. The second-order valence-corrected chi connectivity index (χ2v) is 10.4. The van der Waals surface area contributed by atoms with E-state index in [1.165, 1.54) is 20.6 Å². The van der Waals surface area contributed by atoms with E-state index in [0.717, 1.165) is 10.7 Å². The van der Waals surface area contributed by atoms with Gasteiger partial charge in [-0.15, -0.1) is 0 Å². The van der Waals surface area contributed by atoms with Crippen molar-refractivity contribution >= 4 is 72.9 Å². The molecule has 0 aliphatic rings. The van der Waals surface area contributed by atoms with Gasteiger partial charge in [-0.25, -0.2) is 9.97 Å². The highest BCUT2D eigenvalue weighted by Crippen LogP contribution is 2.51. The van der Waals surface area contributed by atoms with Crippen molar-refractivity contribution in [2.24, 2.45) is 0 Å². The number of imidazole rings is 1. The number of thiol groups is 1. The average Bonchev–Trinajstić information content (AvgIpc) is 2.71. The quantitative estimate of drug-likeness (QED) is 0.373. The van der Waals surface area contributed by atoms with E-state index in [1.54, 1.807) is 42.0 Å². The highest BCUT2D eigenvalue weighted by atomic mass is 33.9. The van der Waals surface area contributed by atoms with Crippen LogP contribution in [0.5, 0.6) is 0 Å². The first-order chi connectivity index (χ1) is 7.40. The van der Waals surface area contributed by atoms with Crippen LogP contribution in [-0.2, 0) is 0 Å². The van der Waals surface area contributed by atoms with Gasteiger partial charge in [0.2, 0.25) is 5.16 Å². The zero-order valence-electron chi connectivity index (χ0n) is 6.98. The SMILES string of the molecule is SSSSSSc1ncc2[nH]cnc2n1. The average molecular weight is 313 g/mol. The number of hydrogen-bond acceptors (Lipinski definition) is 9. The molecule has 15 heavy (non-hydrogen) atoms. The summed E-state index contributed by atoms with van der Waals surface area (Å²) in [5.41, 5.74) is 1.56. The van der Waals surface area contributed by atoms with E-state index in [1.807, 2.05) is 0 Å². The molecule has 0 radical (unpaired) electrons. The van der Waals surface area contributed by atoms with Gasteiger partial charge >= 0.3 is 0 Å². The lowest BCUT2D eigenvalue weighted by Crippen LogP contribution is -1.84. The van der Waals surface area contributed by atoms with Gasteiger partial charge in [0.25, 0.3) is 0 Å². The van der Waals surface area contributed by atoms with Crippen LogP contribution < -0.4 is 0 Å². The Morgan fingerprint density at radius 3 is 3.00 bits per heavy atom. The third-order valence-electron chi connectivity index (χ3n) is 1.35. The van der Waals surface area contributed by atoms with E-state index in [0.29, 0.717) is 5.65 Å². The molecular weight excluding hydrogens is 308 g/mol. The summed E-state index contributed by atoms with van der Waals surface area (Å²) >= 11 is 4.01. The molecule has 0 fully saturated rings. The first kappa shape index (κ1) is 12.1. The van der Waals surface area contributed by atoms with Gasteiger partial charge in [0.15, 0.2) is 5.65 Å². The Morgan fingerprint density at radius 2 is 2.13 bits per heavy atom. The Kier molecular flexibility index (Phi) is 5.17. The van der Waals surface area contributed by atoms with Crippen molar-refractivity contribution in [3.8, 4) is 0 Å². The molecule has 0 aliphatic carbocycles. The summed E-state index contributed by atoms with van der Waals surface area (Å²) in [6, 6.07) is 0. The Labute approximate surface area is 110 Å². The summed E-state index contributed by atoms with van der Waals surface area (Å²) in [7, 11) is 7.77. The summed E-state index contributed by atoms with van der Waals surface area (Å²) in [4.78, 5) is 15.5. The zero-order valence-corrected chi connectivity index (χ0v) is 12.0. The minimum Gasteiger partial charge on any atom is -0.342 e. The molecule has 0 saturated heterocycles. The number of H-pyrrole nitrogens is 1. The van der Waals surface area contributed by atoms with Crippen molar-refractivity contribution in [3.63, 3.8) is 0 Å². The summed E-state index contributed by atoms with van der Waals surface area (Å²) < 4.78 is 0. The van der Waals surface area contributed by atoms with Crippen molar-refractivity contribution < 1.29 is 0 Å². The molecule has 0 aromatic carbocycles. The Hall–Kier alpha value is 0.650. The van der Waals surface area contributed by atoms with Gasteiger partial charge < -0.3 is 4.98 Å². The molecule has 0 spiro atoms. The summed E-state index contributed by atoms with van der Waals surface area (Å²) in [5.74, 6) is 0. The fraction of sp³-hybridized carbons (Fsp3) is 0. The maximum absolute atomic E-state index is 4.27. The number of aromatic nitrogens is 4. The van der Waals surface area contributed by atoms with Gasteiger partial charge in [-0.3, -0.25) is 0 Å². The van der Waals surface area contributed by atoms with E-state index >= 15 is 0 Å². The molecule has 1 N–H and O–H groups in total. The smallest absolute Gasteiger partial charge is 0.201 e. The maximum Gasteiger partial charge on any atom is 0.201 e. The second kappa shape index (κ2) is 6.40. The van der Waals surface area contributed by atoms with Crippen LogP contribution >= 0.6 is 61.8 Å². The number of nitrogens with one attached hydrogen (secondary N) is 1. The number of rotatable bonds is 5. The topological polar surface area (TPSA) is 54.5 Å². The van der Waals surface area contributed by atoms with Crippen LogP contribution in [0.4, 0.5) is 0 Å². The molecule has 4 nitrogen and oxygen atoms in total. The van der Waals surface area contributed by atoms with Crippen LogP contribution in [0.15, 0.2) is 17.7 Å². The molecule has 0 saturated carbocycles. The van der Waals surface area contributed by atoms with Crippen LogP contribution in [0, 0.1) is 0 Å². The molecule has 0 amide bonds. The Balaban J connectivity index is 1.96. The Morgan fingerprint density at radius 1 is 1.20 bits per heavy atom. The minimum atomic E-state index is 0.703. The van der Waals surface area contributed by atoms with Gasteiger partial charge in [-0.2, -0.15) is 4.98 Å². The predicted molar refractivity (Wildman–Crippen MR) is 76.9 cm³/mol. The first-order valence-corrected chi connectivity index (χ1v) is 10.7. The lowest BCUT2D eigenvalue weighted by molar-refractivity contribution is 1.00. The van der Waals surface area contributed by atoms with Gasteiger partial charge in [0.1, 0.15) is 5.52 Å². The molecule has 2 aromatic rings. The fourth-order valence-corrected chi connectivity index (χ4v) is 8.94. The summed E-state index contributed by atoms with van der Waals surface area (Å²) in [5, 5.41) is 0.719. The fourth-order valence-electron chi connectivity index (χ4n) is 0.829. The van der Waals surface area contributed by atoms with Crippen molar-refractivity contribution in [2.75, 3.05) is 0 Å². The normalized spacial score (nSPS) is 11.0. The number of nitrogens with zero attached hydrogens (tertiary/aromatic N) is 3. The Bertz CT molecular complexity index is 432. The van der Waals surface area contributed by atoms with Crippen LogP contribution in [0.3, 0.4) is 0 Å². The lowest BCUT2D eigenvalue weighted by Gasteiger charge is -1.96. The molecule has 2 heterocycles. The second-order valence-electron chi connectivity index (χ2n) is 2.15. The van der Waals surface area contributed by atoms with E-state index < -0.39 is 0 Å². The third kappa shape index (κ3) is 3.56. The largest absolute Gasteiger partial charge is 0.342 e. The first-order valence-electron chi connectivity index (χ1n) is 3.54. The minimum absolute atomic E-state index is 0.703. The molecule has 2 aromatic heterocycles. The maximum atomic E-state index is 4.27. The van der Waals surface area contributed by atoms with Crippen molar-refractivity contribution in [2.45, 2.75) is 5.16 Å². The third-order valence-corrected chi connectivity index (χ3v) is 9.90. The summed E-state index contributed by atoms with van der Waals surface area (Å²) in [6.07, 6.45) is 3.35. The van der Waals surface area contributed by atoms with Crippen molar-refractivity contribution in [1.29, 1.82) is 0 Å². The summed E-state index contributed by atoms with van der Waals surface area (Å²) in [6.45, 7) is 0. The molecule has 10 heteroatoms. The van der Waals surface area contributed by atoms with Gasteiger partial charge in [-0.1, -0.05) is 11.7 Å². The molecule has 2 rings (SSSR count). The van der Waals surface area contributed by atoms with Gasteiger partial charge in [-0.05, 0) is 50.1 Å². The molecule has 80 valence electrons. The number of hydrogen-bond donors (Lipinski definition) is 2. The van der Waals surface area contributed by atoms with E-state index in [2.05, 4.69) is 31.6 Å².